The first kappa shape index (κ1) is 15.6. The molecule has 1 aromatic heterocycles. The number of carbonyl (C=O) groups is 1. The Bertz CT molecular complexity index is 926. The summed E-state index contributed by atoms with van der Waals surface area (Å²) in [5.74, 6) is 1.48. The van der Waals surface area contributed by atoms with Crippen molar-refractivity contribution in [3.8, 4) is 11.5 Å². The van der Waals surface area contributed by atoms with Gasteiger partial charge in [0.15, 0.2) is 11.5 Å². The second kappa shape index (κ2) is 6.16. The lowest BCUT2D eigenvalue weighted by Crippen LogP contribution is -2.56. The molecule has 1 aliphatic heterocycles. The average Bonchev–Trinajstić information content (AvgIpc) is 2.95. The van der Waals surface area contributed by atoms with Crippen LogP contribution in [0.2, 0.25) is 0 Å². The Hall–Kier alpha value is -2.95. The van der Waals surface area contributed by atoms with Crippen LogP contribution in [0.4, 0.5) is 0 Å². The fourth-order valence-electron chi connectivity index (χ4n) is 3.26. The minimum atomic E-state index is -0.00442. The van der Waals surface area contributed by atoms with Crippen molar-refractivity contribution in [3.63, 3.8) is 0 Å². The molecule has 3 aromatic rings. The molecule has 0 unspecified atom stereocenters. The number of hydrogen-bond donors (Lipinski definition) is 0. The highest BCUT2D eigenvalue weighted by Gasteiger charge is 2.34. The van der Waals surface area contributed by atoms with Crippen LogP contribution < -0.4 is 9.47 Å². The molecule has 0 N–H and O–H groups in total. The zero-order valence-electron chi connectivity index (χ0n) is 14.3. The highest BCUT2D eigenvalue weighted by atomic mass is 16.5. The Balaban J connectivity index is 1.46. The van der Waals surface area contributed by atoms with Crippen molar-refractivity contribution in [2.45, 2.75) is 6.10 Å². The van der Waals surface area contributed by atoms with Gasteiger partial charge >= 0.3 is 0 Å². The van der Waals surface area contributed by atoms with E-state index in [9.17, 15) is 4.79 Å². The molecule has 5 heteroatoms. The first-order valence-corrected chi connectivity index (χ1v) is 8.30. The fourth-order valence-corrected chi connectivity index (χ4v) is 3.26. The second-order valence-corrected chi connectivity index (χ2v) is 6.27. The highest BCUT2D eigenvalue weighted by molar-refractivity contribution is 6.07. The summed E-state index contributed by atoms with van der Waals surface area (Å²) in [5.41, 5.74) is 1.81. The van der Waals surface area contributed by atoms with Crippen LogP contribution >= 0.6 is 0 Å². The number of aryl methyl sites for hydroxylation is 1. The third-order valence-electron chi connectivity index (χ3n) is 4.63. The maximum absolute atomic E-state index is 12.8. The third-order valence-corrected chi connectivity index (χ3v) is 4.63. The number of amides is 1. The molecule has 1 aliphatic rings. The molecule has 1 amide bonds. The number of rotatable bonds is 4. The van der Waals surface area contributed by atoms with Gasteiger partial charge in [-0.15, -0.1) is 0 Å². The van der Waals surface area contributed by atoms with Crippen molar-refractivity contribution in [3.05, 3.63) is 60.3 Å². The summed E-state index contributed by atoms with van der Waals surface area (Å²) in [6.07, 6.45) is 1.90. The lowest BCUT2D eigenvalue weighted by molar-refractivity contribution is 0.0170. The second-order valence-electron chi connectivity index (χ2n) is 6.27. The maximum atomic E-state index is 12.8. The molecule has 0 bridgehead atoms. The van der Waals surface area contributed by atoms with Crippen LogP contribution in [-0.2, 0) is 7.05 Å². The van der Waals surface area contributed by atoms with E-state index in [0.29, 0.717) is 24.6 Å². The largest absolute Gasteiger partial charge is 0.493 e. The van der Waals surface area contributed by atoms with Crippen LogP contribution in [0.25, 0.3) is 10.9 Å². The van der Waals surface area contributed by atoms with Crippen LogP contribution in [0.3, 0.4) is 0 Å². The van der Waals surface area contributed by atoms with Crippen molar-refractivity contribution in [2.24, 2.45) is 7.05 Å². The first-order valence-electron chi connectivity index (χ1n) is 8.30. The van der Waals surface area contributed by atoms with Crippen LogP contribution in [0, 0.1) is 0 Å². The zero-order valence-corrected chi connectivity index (χ0v) is 14.3. The number of aromatic nitrogens is 1. The van der Waals surface area contributed by atoms with Crippen molar-refractivity contribution >= 4 is 16.8 Å². The van der Waals surface area contributed by atoms with Gasteiger partial charge in [0.1, 0.15) is 6.10 Å². The molecule has 0 radical (unpaired) electrons. The molecule has 0 saturated carbocycles. The summed E-state index contributed by atoms with van der Waals surface area (Å²) in [6.45, 7) is 1.17. The molecule has 4 rings (SSSR count). The number of methoxy groups -OCH3 is 1. The summed E-state index contributed by atoms with van der Waals surface area (Å²) >= 11 is 0. The van der Waals surface area contributed by atoms with Gasteiger partial charge in [-0.2, -0.15) is 0 Å². The number of nitrogens with zero attached hydrogens (tertiary/aromatic N) is 2. The molecule has 128 valence electrons. The molecule has 0 atom stereocenters. The molecular weight excluding hydrogens is 316 g/mol. The third kappa shape index (κ3) is 2.71. The number of hydrogen-bond acceptors (Lipinski definition) is 3. The van der Waals surface area contributed by atoms with Gasteiger partial charge < -0.3 is 18.9 Å². The van der Waals surface area contributed by atoms with Gasteiger partial charge in [-0.3, -0.25) is 4.79 Å². The average molecular weight is 336 g/mol. The zero-order chi connectivity index (χ0) is 17.4. The molecule has 5 nitrogen and oxygen atoms in total. The van der Waals surface area contributed by atoms with Crippen molar-refractivity contribution in [1.82, 2.24) is 9.47 Å². The summed E-state index contributed by atoms with van der Waals surface area (Å²) < 4.78 is 13.2. The lowest BCUT2D eigenvalue weighted by atomic mass is 10.1. The smallest absolute Gasteiger partial charge is 0.256 e. The van der Waals surface area contributed by atoms with E-state index < -0.39 is 0 Å². The van der Waals surface area contributed by atoms with Gasteiger partial charge in [0.2, 0.25) is 0 Å². The fraction of sp³-hybridized carbons (Fsp3) is 0.250. The Kier molecular flexibility index (Phi) is 3.84. The molecule has 1 fully saturated rings. The summed E-state index contributed by atoms with van der Waals surface area (Å²) in [7, 11) is 3.59. The Morgan fingerprint density at radius 3 is 2.48 bits per heavy atom. The normalized spacial score (nSPS) is 14.4. The van der Waals surface area contributed by atoms with E-state index in [4.69, 9.17) is 9.47 Å². The van der Waals surface area contributed by atoms with Crippen LogP contribution in [-0.4, -0.2) is 41.7 Å². The standard InChI is InChI=1S/C20H20N2O3/c1-21-13-16(15-7-3-4-8-17(15)21)20(23)22-11-14(12-22)25-19-10-6-5-9-18(19)24-2/h3-10,13-14H,11-12H2,1-2H3. The predicted molar refractivity (Wildman–Crippen MR) is 96.2 cm³/mol. The van der Waals surface area contributed by atoms with Crippen molar-refractivity contribution < 1.29 is 14.3 Å². The Morgan fingerprint density at radius 1 is 1.04 bits per heavy atom. The molecule has 1 saturated heterocycles. The van der Waals surface area contributed by atoms with E-state index in [2.05, 4.69) is 0 Å². The Labute approximate surface area is 146 Å². The van der Waals surface area contributed by atoms with E-state index >= 15 is 0 Å². The van der Waals surface area contributed by atoms with E-state index in [1.807, 2.05) is 71.2 Å². The van der Waals surface area contributed by atoms with Gasteiger partial charge in [0.05, 0.1) is 25.8 Å². The highest BCUT2D eigenvalue weighted by Crippen LogP contribution is 2.30. The van der Waals surface area contributed by atoms with Crippen LogP contribution in [0.1, 0.15) is 10.4 Å². The van der Waals surface area contributed by atoms with Gasteiger partial charge in [-0.25, -0.2) is 0 Å². The van der Waals surface area contributed by atoms with Gasteiger partial charge in [-0.1, -0.05) is 30.3 Å². The minimum absolute atomic E-state index is 0.00442. The van der Waals surface area contributed by atoms with Gasteiger partial charge in [0, 0.05) is 24.1 Å². The quantitative estimate of drug-likeness (QED) is 0.735. The summed E-state index contributed by atoms with van der Waals surface area (Å²) in [6, 6.07) is 15.5. The van der Waals surface area contributed by atoms with Crippen molar-refractivity contribution in [2.75, 3.05) is 20.2 Å². The van der Waals surface area contributed by atoms with Crippen LogP contribution in [0.15, 0.2) is 54.7 Å². The molecule has 2 heterocycles. The van der Waals surface area contributed by atoms with Crippen molar-refractivity contribution in [1.29, 1.82) is 0 Å². The number of benzene rings is 2. The summed E-state index contributed by atoms with van der Waals surface area (Å²) in [4.78, 5) is 14.6. The molecule has 25 heavy (non-hydrogen) atoms. The topological polar surface area (TPSA) is 43.7 Å². The number of ether oxygens (including phenoxy) is 2. The molecule has 0 spiro atoms. The molecular formula is C20H20N2O3. The predicted octanol–water partition coefficient (Wildman–Crippen LogP) is 3.09. The summed E-state index contributed by atoms with van der Waals surface area (Å²) in [5, 5.41) is 0.990. The van der Waals surface area contributed by atoms with Gasteiger partial charge in [0.25, 0.3) is 5.91 Å². The Morgan fingerprint density at radius 2 is 1.72 bits per heavy atom. The van der Waals surface area contributed by atoms with Crippen LogP contribution in [0.5, 0.6) is 11.5 Å². The molecule has 2 aromatic carbocycles. The SMILES string of the molecule is COc1ccccc1OC1CN(C(=O)c2cn(C)c3ccccc23)C1. The number of carbonyl (C=O) groups excluding carboxylic acids is 1. The van der Waals surface area contributed by atoms with E-state index in [-0.39, 0.29) is 12.0 Å². The van der Waals surface area contributed by atoms with Gasteiger partial charge in [-0.05, 0) is 18.2 Å². The minimum Gasteiger partial charge on any atom is -0.493 e. The van der Waals surface area contributed by atoms with E-state index in [0.717, 1.165) is 16.5 Å². The lowest BCUT2D eigenvalue weighted by Gasteiger charge is -2.39. The first-order chi connectivity index (χ1) is 12.2. The maximum Gasteiger partial charge on any atom is 0.256 e. The molecule has 0 aliphatic carbocycles. The number of fused-ring (bicyclic) bond motifs is 1. The van der Waals surface area contributed by atoms with E-state index in [1.54, 1.807) is 7.11 Å². The number of para-hydroxylation sites is 3. The van der Waals surface area contributed by atoms with E-state index in [1.165, 1.54) is 0 Å². The monoisotopic (exact) mass is 336 g/mol. The number of likely N-dealkylation sites (tertiary alicyclic amines) is 1.